The summed E-state index contributed by atoms with van der Waals surface area (Å²) < 4.78 is 27.8. The Hall–Kier alpha value is -3.73. The van der Waals surface area contributed by atoms with Gasteiger partial charge in [0, 0.05) is 12.1 Å². The number of nitrogens with zero attached hydrogens (tertiary/aromatic N) is 2. The van der Waals surface area contributed by atoms with E-state index in [9.17, 15) is 19.2 Å². The number of carbonyl (C=O) groups is 2. The third-order valence-corrected chi connectivity index (χ3v) is 5.26. The molecule has 8 heteroatoms. The van der Waals surface area contributed by atoms with Gasteiger partial charge in [-0.1, -0.05) is 44.2 Å². The molecule has 7 nitrogen and oxygen atoms in total. The van der Waals surface area contributed by atoms with E-state index in [0.717, 1.165) is 0 Å². The molecule has 1 saturated carbocycles. The third-order valence-electron chi connectivity index (χ3n) is 5.26. The average Bonchev–Trinajstić information content (AvgIpc) is 3.35. The first kappa shape index (κ1) is 22.9. The maximum atomic E-state index is 12.7. The SMILES string of the molecule is CC1(C)[C@H](C(=O)O[C@@H](C#N)c2cccc(Oc3ccccc3)n2)[C@@H]1C=CC(=O)OCCF. The normalized spacial score (nSPS) is 19.6. The lowest BCUT2D eigenvalue weighted by Gasteiger charge is -2.12. The van der Waals surface area contributed by atoms with E-state index in [1.54, 1.807) is 36.4 Å². The van der Waals surface area contributed by atoms with Crippen molar-refractivity contribution in [1.29, 1.82) is 5.26 Å². The van der Waals surface area contributed by atoms with Gasteiger partial charge in [0.1, 0.15) is 25.1 Å². The van der Waals surface area contributed by atoms with Crippen LogP contribution >= 0.6 is 0 Å². The van der Waals surface area contributed by atoms with E-state index in [1.807, 2.05) is 38.1 Å². The Morgan fingerprint density at radius 2 is 1.97 bits per heavy atom. The molecule has 1 aromatic heterocycles. The Bertz CT molecular complexity index is 1030. The van der Waals surface area contributed by atoms with Crippen LogP contribution in [-0.2, 0) is 19.1 Å². The van der Waals surface area contributed by atoms with Gasteiger partial charge in [0.2, 0.25) is 12.0 Å². The van der Waals surface area contributed by atoms with Crippen molar-refractivity contribution < 1.29 is 28.2 Å². The number of ether oxygens (including phenoxy) is 3. The summed E-state index contributed by atoms with van der Waals surface area (Å²) in [7, 11) is 0. The first-order chi connectivity index (χ1) is 15.4. The predicted octanol–water partition coefficient (Wildman–Crippen LogP) is 4.32. The summed E-state index contributed by atoms with van der Waals surface area (Å²) in [5, 5.41) is 9.55. The Kier molecular flexibility index (Phi) is 7.21. The van der Waals surface area contributed by atoms with Crippen LogP contribution in [0.1, 0.15) is 25.6 Å². The van der Waals surface area contributed by atoms with Gasteiger partial charge in [-0.25, -0.2) is 14.2 Å². The highest BCUT2D eigenvalue weighted by Gasteiger charge is 2.61. The third kappa shape index (κ3) is 5.49. The lowest BCUT2D eigenvalue weighted by atomic mass is 10.1. The number of pyridine rings is 1. The lowest BCUT2D eigenvalue weighted by Crippen LogP contribution is -2.15. The molecule has 1 aliphatic carbocycles. The summed E-state index contributed by atoms with van der Waals surface area (Å²) in [6, 6.07) is 15.9. The Labute approximate surface area is 185 Å². The first-order valence-electron chi connectivity index (χ1n) is 10.1. The van der Waals surface area contributed by atoms with Crippen LogP contribution in [0.2, 0.25) is 0 Å². The summed E-state index contributed by atoms with van der Waals surface area (Å²) in [4.78, 5) is 28.6. The molecular formula is C24H23FN2O5. The van der Waals surface area contributed by atoms with Crippen molar-refractivity contribution in [3.8, 4) is 17.7 Å². The number of hydrogen-bond acceptors (Lipinski definition) is 7. The second-order valence-electron chi connectivity index (χ2n) is 7.80. The molecule has 0 unspecified atom stereocenters. The molecule has 1 aliphatic rings. The second kappa shape index (κ2) is 10.1. The molecule has 0 bridgehead atoms. The van der Waals surface area contributed by atoms with Crippen molar-refractivity contribution in [2.45, 2.75) is 20.0 Å². The summed E-state index contributed by atoms with van der Waals surface area (Å²) in [5.41, 5.74) is -0.214. The Morgan fingerprint density at radius 1 is 1.22 bits per heavy atom. The molecule has 0 aliphatic heterocycles. The summed E-state index contributed by atoms with van der Waals surface area (Å²) in [6.45, 7) is 2.64. The van der Waals surface area contributed by atoms with Crippen molar-refractivity contribution in [2.24, 2.45) is 17.3 Å². The molecule has 32 heavy (non-hydrogen) atoms. The van der Waals surface area contributed by atoms with Crippen LogP contribution in [0.15, 0.2) is 60.7 Å². The van der Waals surface area contributed by atoms with Crippen LogP contribution < -0.4 is 4.74 Å². The smallest absolute Gasteiger partial charge is 0.330 e. The number of rotatable bonds is 9. The van der Waals surface area contributed by atoms with Crippen LogP contribution in [0.4, 0.5) is 4.39 Å². The molecular weight excluding hydrogens is 415 g/mol. The highest BCUT2D eigenvalue weighted by molar-refractivity contribution is 5.83. The first-order valence-corrected chi connectivity index (χ1v) is 10.1. The van der Waals surface area contributed by atoms with Crippen LogP contribution in [0.3, 0.4) is 0 Å². The van der Waals surface area contributed by atoms with E-state index in [2.05, 4.69) is 9.72 Å². The monoisotopic (exact) mass is 438 g/mol. The largest absolute Gasteiger partial charge is 0.460 e. The van der Waals surface area contributed by atoms with Crippen molar-refractivity contribution >= 4 is 11.9 Å². The van der Waals surface area contributed by atoms with Gasteiger partial charge < -0.3 is 14.2 Å². The number of benzene rings is 1. The van der Waals surface area contributed by atoms with Crippen LogP contribution in [0.25, 0.3) is 0 Å². The number of allylic oxidation sites excluding steroid dienone is 1. The fourth-order valence-corrected chi connectivity index (χ4v) is 3.44. The number of esters is 2. The van der Waals surface area contributed by atoms with E-state index in [4.69, 9.17) is 9.47 Å². The molecule has 2 aromatic rings. The number of halogens is 1. The summed E-state index contributed by atoms with van der Waals surface area (Å²) in [5.74, 6) is -1.19. The Balaban J connectivity index is 1.65. The predicted molar refractivity (Wildman–Crippen MR) is 112 cm³/mol. The van der Waals surface area contributed by atoms with Gasteiger partial charge >= 0.3 is 11.9 Å². The molecule has 0 saturated heterocycles. The average molecular weight is 438 g/mol. The van der Waals surface area contributed by atoms with Gasteiger partial charge in [-0.15, -0.1) is 0 Å². The second-order valence-corrected chi connectivity index (χ2v) is 7.80. The molecule has 3 rings (SSSR count). The fraction of sp³-hybridized carbons (Fsp3) is 0.333. The number of alkyl halides is 1. The molecule has 166 valence electrons. The number of hydrogen-bond donors (Lipinski definition) is 0. The maximum absolute atomic E-state index is 12.7. The van der Waals surface area contributed by atoms with E-state index < -0.39 is 36.1 Å². The number of aromatic nitrogens is 1. The zero-order chi connectivity index (χ0) is 23.1. The highest BCUT2D eigenvalue weighted by Crippen LogP contribution is 2.59. The van der Waals surface area contributed by atoms with E-state index in [-0.39, 0.29) is 24.1 Å². The standard InChI is InChI=1S/C24H23FN2O5/c1-24(2)17(11-12-21(28)30-14-13-25)22(24)23(29)32-19(15-26)18-9-6-10-20(27-18)31-16-7-4-3-5-8-16/h3-12,17,19,22H,13-14H2,1-2H3/t17-,19-,22-/m0/s1. The van der Waals surface area contributed by atoms with Crippen molar-refractivity contribution in [3.05, 3.63) is 66.4 Å². The molecule has 1 fully saturated rings. The summed E-state index contributed by atoms with van der Waals surface area (Å²) in [6.07, 6.45) is 1.53. The highest BCUT2D eigenvalue weighted by atomic mass is 19.1. The van der Waals surface area contributed by atoms with Crippen LogP contribution in [0, 0.1) is 28.6 Å². The van der Waals surface area contributed by atoms with Gasteiger partial charge in [0.25, 0.3) is 0 Å². The zero-order valence-electron chi connectivity index (χ0n) is 17.7. The topological polar surface area (TPSA) is 98.5 Å². The molecule has 0 radical (unpaired) electrons. The molecule has 0 spiro atoms. The van der Waals surface area contributed by atoms with Crippen LogP contribution in [-0.4, -0.2) is 30.2 Å². The van der Waals surface area contributed by atoms with Gasteiger partial charge in [-0.05, 0) is 29.5 Å². The van der Waals surface area contributed by atoms with Gasteiger partial charge in [-0.2, -0.15) is 5.26 Å². The number of carbonyl (C=O) groups excluding carboxylic acids is 2. The minimum atomic E-state index is -1.21. The minimum Gasteiger partial charge on any atom is -0.460 e. The van der Waals surface area contributed by atoms with Crippen molar-refractivity contribution in [2.75, 3.05) is 13.3 Å². The van der Waals surface area contributed by atoms with Gasteiger partial charge in [0.15, 0.2) is 0 Å². The molecule has 1 heterocycles. The maximum Gasteiger partial charge on any atom is 0.330 e. The van der Waals surface area contributed by atoms with E-state index >= 15 is 0 Å². The molecule has 0 N–H and O–H groups in total. The van der Waals surface area contributed by atoms with Crippen molar-refractivity contribution in [3.63, 3.8) is 0 Å². The van der Waals surface area contributed by atoms with Crippen LogP contribution in [0.5, 0.6) is 11.6 Å². The molecule has 3 atom stereocenters. The molecule has 0 amide bonds. The number of para-hydroxylation sites is 1. The zero-order valence-corrected chi connectivity index (χ0v) is 17.7. The fourth-order valence-electron chi connectivity index (χ4n) is 3.44. The lowest BCUT2D eigenvalue weighted by molar-refractivity contribution is -0.149. The van der Waals surface area contributed by atoms with Crippen molar-refractivity contribution in [1.82, 2.24) is 4.98 Å². The Morgan fingerprint density at radius 3 is 2.66 bits per heavy atom. The molecule has 1 aromatic carbocycles. The van der Waals surface area contributed by atoms with Gasteiger partial charge in [-0.3, -0.25) is 4.79 Å². The number of nitriles is 1. The summed E-state index contributed by atoms with van der Waals surface area (Å²) >= 11 is 0. The quantitative estimate of drug-likeness (QED) is 0.425. The van der Waals surface area contributed by atoms with E-state index in [0.29, 0.717) is 5.75 Å². The van der Waals surface area contributed by atoms with E-state index in [1.165, 1.54) is 6.08 Å². The van der Waals surface area contributed by atoms with Gasteiger partial charge in [0.05, 0.1) is 11.6 Å². The minimum absolute atomic E-state index is 0.245.